The van der Waals surface area contributed by atoms with Crippen molar-refractivity contribution >= 4 is 87.2 Å². The monoisotopic (exact) mass is 1780 g/mol. The van der Waals surface area contributed by atoms with E-state index in [1.165, 1.54) is 110 Å². The molecule has 7 aromatic heterocycles. The fraction of sp³-hybridized carbons (Fsp3) is 0.0238. The normalized spacial score (nSPS) is 12.0. The molecular formula is C126H85N13. The van der Waals surface area contributed by atoms with Crippen LogP contribution in [0.4, 0.5) is 0 Å². The summed E-state index contributed by atoms with van der Waals surface area (Å²) < 4.78 is 9.46. The average molecular weight is 1780 g/mol. The quantitative estimate of drug-likeness (QED) is 0.104. The first kappa shape index (κ1) is 82.3. The predicted octanol–water partition coefficient (Wildman–Crippen LogP) is 31.0. The van der Waals surface area contributed by atoms with Crippen LogP contribution in [0.2, 0.25) is 0 Å². The van der Waals surface area contributed by atoms with Gasteiger partial charge in [0.05, 0.1) is 49.8 Å². The number of fused-ring (bicyclic) bond motifs is 15. The van der Waals surface area contributed by atoms with E-state index in [2.05, 4.69) is 329 Å². The zero-order chi connectivity index (χ0) is 92.4. The van der Waals surface area contributed by atoms with Crippen LogP contribution in [0.5, 0.6) is 0 Å². The Bertz CT molecular complexity index is 8720. The maximum atomic E-state index is 5.21. The highest BCUT2D eigenvalue weighted by atomic mass is 15.1. The second kappa shape index (κ2) is 34.8. The Morgan fingerprint density at radius 2 is 0.417 bits per heavy atom. The molecule has 0 aliphatic heterocycles. The van der Waals surface area contributed by atoms with Gasteiger partial charge >= 0.3 is 0 Å². The van der Waals surface area contributed by atoms with Crippen molar-refractivity contribution < 1.29 is 0 Å². The van der Waals surface area contributed by atoms with Gasteiger partial charge in [0.1, 0.15) is 0 Å². The molecule has 0 saturated carbocycles. The smallest absolute Gasteiger partial charge is 0.166 e. The summed E-state index contributed by atoms with van der Waals surface area (Å²) in [5.41, 5.74) is 29.7. The van der Waals surface area contributed by atoms with Crippen molar-refractivity contribution in [1.82, 2.24) is 63.1 Å². The molecule has 0 spiro atoms. The number of nitrogens with zero attached hydrogens (tertiary/aromatic N) is 13. The molecule has 27 rings (SSSR count). The van der Waals surface area contributed by atoms with Crippen LogP contribution in [0.1, 0.15) is 25.0 Å². The first-order valence-electron chi connectivity index (χ1n) is 46.9. The standard InChI is InChI=1S/C48H31N7.C42H30N4.C36H24N2/c1-5-17-32(18-6-1)43-49-44(33-19-7-2-8-20-33)52-47(51-43)36-29-30-42(55-40-27-15-13-25-37(40)38-26-14-16-28-41(38)55)39(31-36)48-53-45(34-21-9-3-10-22-34)50-46(54-48)35-23-11-4-12-24-35;1-42(2)35-19-11-9-17-31(35)33-25-34-32-18-10-12-20-37(32)46(38(34)26-36(33)42)30-23-21-29(22-24-30)41-44-39(27-13-5-3-6-14-27)43-40(45-41)28-15-7-4-8-16-28;1-5-19-33-29(15-1)30-16-2-6-20-34(30)37(33)27-13-9-11-25(23-27)26-12-10-14-28(24-26)38-35-21-7-3-17-31(35)32-18-4-8-22-36(32)38/h1-31H;3-26H,1-2H3;1-24H. The molecule has 0 radical (unpaired) electrons. The SMILES string of the molecule is CC1(C)c2ccccc2-c2cc3c4ccccc4n(-c4ccc(-c5nc(-c6ccccc6)nc(-c6ccccc6)n5)cc4)c3cc21.c1cc(-c2cccc(-n3c4ccccc4c4ccccc43)c2)cc(-n2c3ccccc3c3ccccc32)c1.c1ccc(-c2nc(-c3ccccc3)nc(-c3ccc(-n4c5ccccc5c5ccccc54)c(-c4nc(-c5ccccc5)nc(-c5ccccc5)n4)c3)n2)cc1. The molecule has 0 saturated heterocycles. The van der Waals surface area contributed by atoms with Crippen LogP contribution in [-0.2, 0) is 5.41 Å². The minimum absolute atomic E-state index is 0.0726. The highest BCUT2D eigenvalue weighted by Gasteiger charge is 2.37. The first-order chi connectivity index (χ1) is 68.7. The van der Waals surface area contributed by atoms with Crippen molar-refractivity contribution in [3.8, 4) is 147 Å². The molecule has 1 aliphatic rings. The Morgan fingerprint density at radius 1 is 0.151 bits per heavy atom. The lowest BCUT2D eigenvalue weighted by Crippen LogP contribution is -2.14. The van der Waals surface area contributed by atoms with Crippen molar-refractivity contribution in [2.24, 2.45) is 0 Å². The number of benzene rings is 19. The Morgan fingerprint density at radius 3 is 0.770 bits per heavy atom. The van der Waals surface area contributed by atoms with E-state index in [4.69, 9.17) is 44.9 Å². The van der Waals surface area contributed by atoms with Crippen molar-refractivity contribution in [3.05, 3.63) is 490 Å². The van der Waals surface area contributed by atoms with Gasteiger partial charge in [-0.1, -0.05) is 372 Å². The Balaban J connectivity index is 0.000000112. The lowest BCUT2D eigenvalue weighted by Gasteiger charge is -2.21. The summed E-state index contributed by atoms with van der Waals surface area (Å²) in [6.07, 6.45) is 0. The summed E-state index contributed by atoms with van der Waals surface area (Å²) in [7, 11) is 0. The summed E-state index contributed by atoms with van der Waals surface area (Å²) in [6, 6.07) is 167. The molecule has 19 aromatic carbocycles. The second-order valence-electron chi connectivity index (χ2n) is 35.5. The molecular weight excluding hydrogens is 1700 g/mol. The molecule has 1 aliphatic carbocycles. The number of aromatic nitrogens is 13. The molecule has 13 heteroatoms. The van der Waals surface area contributed by atoms with Gasteiger partial charge in [0.2, 0.25) is 0 Å². The van der Waals surface area contributed by atoms with Gasteiger partial charge in [-0.05, 0) is 155 Å². The van der Waals surface area contributed by atoms with E-state index in [1.807, 2.05) is 182 Å². The van der Waals surface area contributed by atoms with Crippen LogP contribution in [0, 0.1) is 0 Å². The van der Waals surface area contributed by atoms with E-state index < -0.39 is 0 Å². The third-order valence-electron chi connectivity index (χ3n) is 26.9. The van der Waals surface area contributed by atoms with Crippen molar-refractivity contribution in [3.63, 3.8) is 0 Å². The zero-order valence-corrected chi connectivity index (χ0v) is 75.9. The molecule has 654 valence electrons. The van der Waals surface area contributed by atoms with E-state index in [-0.39, 0.29) is 5.41 Å². The van der Waals surface area contributed by atoms with E-state index in [9.17, 15) is 0 Å². The molecule has 0 amide bonds. The average Bonchev–Trinajstić information content (AvgIpc) is 1.54. The molecule has 0 N–H and O–H groups in total. The molecule has 0 atom stereocenters. The Labute approximate surface area is 802 Å². The molecule has 13 nitrogen and oxygen atoms in total. The summed E-state index contributed by atoms with van der Waals surface area (Å²) in [5, 5.41) is 9.97. The maximum absolute atomic E-state index is 5.21. The lowest BCUT2D eigenvalue weighted by atomic mass is 9.82. The van der Waals surface area contributed by atoms with Crippen molar-refractivity contribution in [2.45, 2.75) is 19.3 Å². The second-order valence-corrected chi connectivity index (χ2v) is 35.5. The van der Waals surface area contributed by atoms with Gasteiger partial charge in [0.15, 0.2) is 52.4 Å². The number of para-hydroxylation sites is 7. The number of hydrogen-bond acceptors (Lipinski definition) is 9. The fourth-order valence-electron chi connectivity index (χ4n) is 20.3. The molecule has 0 unspecified atom stereocenters. The predicted molar refractivity (Wildman–Crippen MR) is 569 cm³/mol. The first-order valence-corrected chi connectivity index (χ1v) is 46.9. The van der Waals surface area contributed by atoms with Crippen molar-refractivity contribution in [2.75, 3.05) is 0 Å². The van der Waals surface area contributed by atoms with Crippen LogP contribution in [0.25, 0.3) is 235 Å². The summed E-state index contributed by atoms with van der Waals surface area (Å²) >= 11 is 0. The van der Waals surface area contributed by atoms with Gasteiger partial charge in [-0.2, -0.15) is 0 Å². The summed E-state index contributed by atoms with van der Waals surface area (Å²) in [5.74, 6) is 5.41. The molecule has 26 aromatic rings. The molecule has 0 bridgehead atoms. The van der Waals surface area contributed by atoms with Crippen molar-refractivity contribution in [1.29, 1.82) is 0 Å². The Hall–Kier alpha value is -18.6. The number of hydrogen-bond donors (Lipinski definition) is 0. The largest absolute Gasteiger partial charge is 0.309 e. The summed E-state index contributed by atoms with van der Waals surface area (Å²) in [6.45, 7) is 4.68. The molecule has 0 fully saturated rings. The van der Waals surface area contributed by atoms with Gasteiger partial charge < -0.3 is 18.3 Å². The highest BCUT2D eigenvalue weighted by Crippen LogP contribution is 2.52. The topological polar surface area (TPSA) is 136 Å². The maximum Gasteiger partial charge on any atom is 0.166 e. The van der Waals surface area contributed by atoms with Gasteiger partial charge in [-0.3, -0.25) is 0 Å². The fourth-order valence-corrected chi connectivity index (χ4v) is 20.3. The minimum Gasteiger partial charge on any atom is -0.309 e. The van der Waals surface area contributed by atoms with E-state index in [0.717, 1.165) is 83.3 Å². The van der Waals surface area contributed by atoms with Crippen LogP contribution in [-0.4, -0.2) is 63.1 Å². The Kier molecular flexibility index (Phi) is 20.6. The van der Waals surface area contributed by atoms with Gasteiger partial charge in [-0.25, -0.2) is 44.9 Å². The van der Waals surface area contributed by atoms with Crippen LogP contribution >= 0.6 is 0 Å². The van der Waals surface area contributed by atoms with Crippen LogP contribution in [0.3, 0.4) is 0 Å². The summed E-state index contributed by atoms with van der Waals surface area (Å²) in [4.78, 5) is 45.2. The van der Waals surface area contributed by atoms with E-state index in [0.29, 0.717) is 52.4 Å². The van der Waals surface area contributed by atoms with E-state index >= 15 is 0 Å². The van der Waals surface area contributed by atoms with Gasteiger partial charge in [0.25, 0.3) is 0 Å². The zero-order valence-electron chi connectivity index (χ0n) is 75.9. The molecule has 139 heavy (non-hydrogen) atoms. The van der Waals surface area contributed by atoms with Gasteiger partial charge in [-0.15, -0.1) is 0 Å². The van der Waals surface area contributed by atoms with Crippen LogP contribution < -0.4 is 0 Å². The van der Waals surface area contributed by atoms with E-state index in [1.54, 1.807) is 0 Å². The van der Waals surface area contributed by atoms with Crippen LogP contribution in [0.15, 0.2) is 479 Å². The van der Waals surface area contributed by atoms with Gasteiger partial charge in [0, 0.05) is 116 Å². The minimum atomic E-state index is -0.0726. The number of rotatable bonds is 14. The molecule has 7 heterocycles. The third-order valence-corrected chi connectivity index (χ3v) is 26.9. The third kappa shape index (κ3) is 14.9. The lowest BCUT2D eigenvalue weighted by molar-refractivity contribution is 0.661. The highest BCUT2D eigenvalue weighted by molar-refractivity contribution is 6.14.